The molecular weight excluding hydrogens is 374 g/mol. The average molecular weight is 398 g/mol. The molecule has 7 heteroatoms. The Hall–Kier alpha value is -2.64. The standard InChI is InChI=1S/C21H23N3O3S/c1-28-11-8-16(14-25)23-20(26)19-13-24(12-15-6-9-22-10-7-15)21(27)18-5-3-2-4-17(18)19/h2-7,9-10,13,16,25H,8,11-12,14H2,1H3,(H,23,26). The molecule has 0 radical (unpaired) electrons. The largest absolute Gasteiger partial charge is 0.394 e. The van der Waals surface area contributed by atoms with Gasteiger partial charge in [0.1, 0.15) is 0 Å². The van der Waals surface area contributed by atoms with E-state index in [1.165, 1.54) is 0 Å². The van der Waals surface area contributed by atoms with E-state index in [0.717, 1.165) is 11.3 Å². The zero-order chi connectivity index (χ0) is 19.9. The number of aliphatic hydroxyl groups is 1. The van der Waals surface area contributed by atoms with Crippen molar-refractivity contribution in [3.8, 4) is 0 Å². The molecule has 2 N–H and O–H groups in total. The summed E-state index contributed by atoms with van der Waals surface area (Å²) < 4.78 is 1.54. The summed E-state index contributed by atoms with van der Waals surface area (Å²) in [7, 11) is 0. The second-order valence-electron chi connectivity index (χ2n) is 6.51. The van der Waals surface area contributed by atoms with E-state index in [1.807, 2.05) is 24.5 Å². The van der Waals surface area contributed by atoms with Crippen molar-refractivity contribution in [3.05, 3.63) is 76.5 Å². The number of pyridine rings is 2. The Kier molecular flexibility index (Phi) is 6.84. The molecule has 2 aromatic heterocycles. The first-order valence-corrected chi connectivity index (χ1v) is 10.4. The third-order valence-corrected chi connectivity index (χ3v) is 5.21. The molecule has 0 saturated heterocycles. The van der Waals surface area contributed by atoms with Gasteiger partial charge in [0.05, 0.1) is 24.8 Å². The molecular formula is C21H23N3O3S. The lowest BCUT2D eigenvalue weighted by molar-refractivity contribution is 0.0916. The molecule has 3 rings (SSSR count). The van der Waals surface area contributed by atoms with Crippen molar-refractivity contribution in [2.45, 2.75) is 19.0 Å². The van der Waals surface area contributed by atoms with Crippen molar-refractivity contribution in [1.82, 2.24) is 14.9 Å². The number of benzene rings is 1. The number of aliphatic hydroxyl groups excluding tert-OH is 1. The maximum Gasteiger partial charge on any atom is 0.258 e. The molecule has 1 atom stereocenters. The maximum atomic E-state index is 13.0. The molecule has 0 aliphatic rings. The SMILES string of the molecule is CSCCC(CO)NC(=O)c1cn(Cc2ccncc2)c(=O)c2ccccc12. The van der Waals surface area contributed by atoms with Crippen molar-refractivity contribution >= 4 is 28.4 Å². The van der Waals surface area contributed by atoms with Crippen LogP contribution >= 0.6 is 11.8 Å². The Morgan fingerprint density at radius 1 is 1.21 bits per heavy atom. The van der Waals surface area contributed by atoms with Crippen molar-refractivity contribution < 1.29 is 9.90 Å². The van der Waals surface area contributed by atoms with Gasteiger partial charge in [0.15, 0.2) is 0 Å². The Labute approximate surface area is 167 Å². The topological polar surface area (TPSA) is 84.2 Å². The van der Waals surface area contributed by atoms with Crippen molar-refractivity contribution in [2.24, 2.45) is 0 Å². The molecule has 0 bridgehead atoms. The van der Waals surface area contributed by atoms with Gasteiger partial charge < -0.3 is 15.0 Å². The molecule has 1 unspecified atom stereocenters. The first-order valence-electron chi connectivity index (χ1n) is 9.05. The highest BCUT2D eigenvalue weighted by atomic mass is 32.2. The maximum absolute atomic E-state index is 13.0. The van der Waals surface area contributed by atoms with Gasteiger partial charge in [-0.05, 0) is 42.2 Å². The minimum absolute atomic E-state index is 0.124. The Morgan fingerprint density at radius 3 is 2.61 bits per heavy atom. The molecule has 1 aromatic carbocycles. The van der Waals surface area contributed by atoms with E-state index in [-0.39, 0.29) is 24.1 Å². The van der Waals surface area contributed by atoms with E-state index in [2.05, 4.69) is 10.3 Å². The smallest absolute Gasteiger partial charge is 0.258 e. The number of amides is 1. The predicted molar refractivity (Wildman–Crippen MR) is 113 cm³/mol. The molecule has 28 heavy (non-hydrogen) atoms. The van der Waals surface area contributed by atoms with Crippen LogP contribution in [-0.4, -0.2) is 45.2 Å². The first-order chi connectivity index (χ1) is 13.6. The van der Waals surface area contributed by atoms with Crippen LogP contribution in [0.2, 0.25) is 0 Å². The number of carbonyl (C=O) groups excluding carboxylic acids is 1. The predicted octanol–water partition coefficient (Wildman–Crippen LogP) is 2.29. The second kappa shape index (κ2) is 9.52. The second-order valence-corrected chi connectivity index (χ2v) is 7.50. The van der Waals surface area contributed by atoms with Crippen LogP contribution in [0.25, 0.3) is 10.8 Å². The molecule has 1 amide bonds. The lowest BCUT2D eigenvalue weighted by atomic mass is 10.1. The van der Waals surface area contributed by atoms with Gasteiger partial charge in [-0.25, -0.2) is 0 Å². The molecule has 0 saturated carbocycles. The van der Waals surface area contributed by atoms with Crippen LogP contribution in [0.5, 0.6) is 0 Å². The number of nitrogens with zero attached hydrogens (tertiary/aromatic N) is 2. The first kappa shape index (κ1) is 20.1. The summed E-state index contributed by atoms with van der Waals surface area (Å²) in [5, 5.41) is 13.6. The Balaban J connectivity index is 2.00. The molecule has 0 aliphatic carbocycles. The van der Waals surface area contributed by atoms with Gasteiger partial charge in [0.2, 0.25) is 0 Å². The third kappa shape index (κ3) is 4.61. The summed E-state index contributed by atoms with van der Waals surface area (Å²) in [5.74, 6) is 0.549. The van der Waals surface area contributed by atoms with Gasteiger partial charge in [-0.2, -0.15) is 11.8 Å². The van der Waals surface area contributed by atoms with Gasteiger partial charge in [-0.1, -0.05) is 18.2 Å². The van der Waals surface area contributed by atoms with Crippen molar-refractivity contribution in [2.75, 3.05) is 18.6 Å². The van der Waals surface area contributed by atoms with Crippen molar-refractivity contribution in [3.63, 3.8) is 0 Å². The van der Waals surface area contributed by atoms with Crippen LogP contribution < -0.4 is 10.9 Å². The normalized spacial score (nSPS) is 12.1. The minimum atomic E-state index is -0.320. The van der Waals surface area contributed by atoms with Crippen LogP contribution in [0.1, 0.15) is 22.3 Å². The summed E-state index contributed by atoms with van der Waals surface area (Å²) in [6.07, 6.45) is 7.61. The molecule has 0 spiro atoms. The number of nitrogens with one attached hydrogen (secondary N) is 1. The van der Waals surface area contributed by atoms with E-state index in [9.17, 15) is 14.7 Å². The van der Waals surface area contributed by atoms with E-state index in [1.54, 1.807) is 53.1 Å². The fourth-order valence-electron chi connectivity index (χ4n) is 3.06. The summed E-state index contributed by atoms with van der Waals surface area (Å²) >= 11 is 1.66. The monoisotopic (exact) mass is 397 g/mol. The lowest BCUT2D eigenvalue weighted by Crippen LogP contribution is -2.38. The van der Waals surface area contributed by atoms with Crippen molar-refractivity contribution in [1.29, 1.82) is 0 Å². The fraction of sp³-hybridized carbons (Fsp3) is 0.286. The average Bonchev–Trinajstić information content (AvgIpc) is 2.73. The fourth-order valence-corrected chi connectivity index (χ4v) is 3.58. The lowest BCUT2D eigenvalue weighted by Gasteiger charge is -2.17. The molecule has 6 nitrogen and oxygen atoms in total. The molecule has 3 aromatic rings. The number of aromatic nitrogens is 2. The summed E-state index contributed by atoms with van der Waals surface area (Å²) in [5.41, 5.74) is 1.20. The van der Waals surface area contributed by atoms with Crippen LogP contribution in [0.4, 0.5) is 0 Å². The number of hydrogen-bond donors (Lipinski definition) is 2. The van der Waals surface area contributed by atoms with E-state index in [4.69, 9.17) is 0 Å². The van der Waals surface area contributed by atoms with Gasteiger partial charge in [-0.15, -0.1) is 0 Å². The number of fused-ring (bicyclic) bond motifs is 1. The highest BCUT2D eigenvalue weighted by Gasteiger charge is 2.18. The summed E-state index contributed by atoms with van der Waals surface area (Å²) in [6, 6.07) is 10.5. The molecule has 2 heterocycles. The van der Waals surface area contributed by atoms with Crippen LogP contribution in [0.3, 0.4) is 0 Å². The van der Waals surface area contributed by atoms with E-state index in [0.29, 0.717) is 29.3 Å². The van der Waals surface area contributed by atoms with Gasteiger partial charge in [0, 0.05) is 29.4 Å². The van der Waals surface area contributed by atoms with Gasteiger partial charge in [0.25, 0.3) is 11.5 Å². The summed E-state index contributed by atoms with van der Waals surface area (Å²) in [6.45, 7) is 0.225. The van der Waals surface area contributed by atoms with Crippen LogP contribution in [-0.2, 0) is 6.54 Å². The molecule has 146 valence electrons. The minimum Gasteiger partial charge on any atom is -0.394 e. The number of hydrogen-bond acceptors (Lipinski definition) is 5. The van der Waals surface area contributed by atoms with Gasteiger partial charge in [-0.3, -0.25) is 14.6 Å². The number of thioether (sulfide) groups is 1. The van der Waals surface area contributed by atoms with Crippen LogP contribution in [0, 0.1) is 0 Å². The Bertz CT molecular complexity index is 1000. The molecule has 0 fully saturated rings. The molecule has 0 aliphatic heterocycles. The highest BCUT2D eigenvalue weighted by molar-refractivity contribution is 7.98. The van der Waals surface area contributed by atoms with E-state index >= 15 is 0 Å². The Morgan fingerprint density at radius 2 is 1.93 bits per heavy atom. The van der Waals surface area contributed by atoms with E-state index < -0.39 is 0 Å². The van der Waals surface area contributed by atoms with Crippen LogP contribution in [0.15, 0.2) is 59.8 Å². The highest BCUT2D eigenvalue weighted by Crippen LogP contribution is 2.16. The number of rotatable bonds is 8. The summed E-state index contributed by atoms with van der Waals surface area (Å²) in [4.78, 5) is 29.8. The zero-order valence-corrected chi connectivity index (χ0v) is 16.5. The van der Waals surface area contributed by atoms with Gasteiger partial charge >= 0.3 is 0 Å². The quantitative estimate of drug-likeness (QED) is 0.609. The third-order valence-electron chi connectivity index (χ3n) is 4.57. The number of carbonyl (C=O) groups is 1. The zero-order valence-electron chi connectivity index (χ0n) is 15.7.